The Hall–Kier alpha value is -2.67. The first-order valence-corrected chi connectivity index (χ1v) is 9.08. The van der Waals surface area contributed by atoms with Crippen LogP contribution >= 0.6 is 0 Å². The first-order valence-electron chi connectivity index (χ1n) is 9.08. The van der Waals surface area contributed by atoms with Crippen molar-refractivity contribution in [2.24, 2.45) is 7.05 Å². The smallest absolute Gasteiger partial charge is 0.246 e. The van der Waals surface area contributed by atoms with E-state index in [1.165, 1.54) is 0 Å². The predicted molar refractivity (Wildman–Crippen MR) is 101 cm³/mol. The monoisotopic (exact) mass is 352 g/mol. The number of nitrogens with one attached hydrogen (secondary N) is 2. The van der Waals surface area contributed by atoms with Crippen LogP contribution in [0.4, 0.5) is 5.95 Å². The van der Waals surface area contributed by atoms with Crippen LogP contribution in [0.5, 0.6) is 0 Å². The van der Waals surface area contributed by atoms with Crippen molar-refractivity contribution in [2.75, 3.05) is 18.4 Å². The maximum Gasteiger partial charge on any atom is 0.246 e. The molecule has 2 N–H and O–H groups in total. The molecule has 3 aromatic rings. The van der Waals surface area contributed by atoms with Crippen molar-refractivity contribution in [3.05, 3.63) is 41.9 Å². The first kappa shape index (κ1) is 16.8. The van der Waals surface area contributed by atoms with Crippen LogP contribution in [0.3, 0.4) is 0 Å². The number of carbonyl (C=O) groups is 1. The summed E-state index contributed by atoms with van der Waals surface area (Å²) in [5.41, 5.74) is 2.13. The Balaban J connectivity index is 1.49. The van der Waals surface area contributed by atoms with E-state index in [0.29, 0.717) is 11.9 Å². The predicted octanol–water partition coefficient (Wildman–Crippen LogP) is 2.18. The lowest BCUT2D eigenvalue weighted by molar-refractivity contribution is -0.116. The number of amides is 1. The van der Waals surface area contributed by atoms with Gasteiger partial charge in [0, 0.05) is 24.2 Å². The molecule has 0 spiro atoms. The van der Waals surface area contributed by atoms with Gasteiger partial charge in [-0.1, -0.05) is 18.2 Å². The Kier molecular flexibility index (Phi) is 4.46. The molecule has 1 aliphatic heterocycles. The van der Waals surface area contributed by atoms with E-state index < -0.39 is 0 Å². The van der Waals surface area contributed by atoms with Gasteiger partial charge in [0.15, 0.2) is 5.82 Å². The third-order valence-electron chi connectivity index (χ3n) is 5.05. The maximum atomic E-state index is 12.6. The number of rotatable bonds is 4. The van der Waals surface area contributed by atoms with Crippen LogP contribution in [-0.4, -0.2) is 38.3 Å². The van der Waals surface area contributed by atoms with Gasteiger partial charge in [0.2, 0.25) is 11.9 Å². The van der Waals surface area contributed by atoms with Crippen LogP contribution in [0, 0.1) is 6.92 Å². The van der Waals surface area contributed by atoms with Crippen LogP contribution in [0.1, 0.15) is 30.3 Å². The Morgan fingerprint density at radius 1 is 1.31 bits per heavy atom. The van der Waals surface area contributed by atoms with Gasteiger partial charge in [-0.2, -0.15) is 10.1 Å². The molecule has 0 bridgehead atoms. The van der Waals surface area contributed by atoms with E-state index in [1.807, 2.05) is 36.7 Å². The molecule has 3 heterocycles. The normalized spacial score (nSPS) is 15.5. The molecule has 0 saturated carbocycles. The van der Waals surface area contributed by atoms with Crippen LogP contribution in [-0.2, 0) is 18.4 Å². The van der Waals surface area contributed by atoms with Crippen molar-refractivity contribution in [3.8, 4) is 0 Å². The highest BCUT2D eigenvalue weighted by molar-refractivity contribution is 5.91. The van der Waals surface area contributed by atoms with Gasteiger partial charge >= 0.3 is 0 Å². The second-order valence-electron chi connectivity index (χ2n) is 6.92. The Labute approximate surface area is 152 Å². The molecule has 1 saturated heterocycles. The van der Waals surface area contributed by atoms with Gasteiger partial charge < -0.3 is 9.88 Å². The summed E-state index contributed by atoms with van der Waals surface area (Å²) in [6.07, 6.45) is 2.07. The highest BCUT2D eigenvalue weighted by Gasteiger charge is 2.21. The molecule has 0 radical (unpaired) electrons. The summed E-state index contributed by atoms with van der Waals surface area (Å²) in [5.74, 6) is 1.61. The standard InChI is InChI=1S/C19H24N6O/c1-13-11-15-5-3-4-6-16(15)25(13)12-17(26)21-19-22-18(23-24(19)2)14-7-9-20-10-8-14/h3-6,11,14,20H,7-10,12H2,1-2H3,(H,21,22,23,26). The highest BCUT2D eigenvalue weighted by atomic mass is 16.2. The lowest BCUT2D eigenvalue weighted by Crippen LogP contribution is -2.27. The summed E-state index contributed by atoms with van der Waals surface area (Å²) in [4.78, 5) is 17.2. The van der Waals surface area contributed by atoms with Gasteiger partial charge in [-0.05, 0) is 50.4 Å². The molecule has 2 aromatic heterocycles. The molecule has 26 heavy (non-hydrogen) atoms. The molecule has 1 amide bonds. The molecule has 1 aliphatic rings. The number of aromatic nitrogens is 4. The van der Waals surface area contributed by atoms with Gasteiger partial charge in [-0.15, -0.1) is 0 Å². The van der Waals surface area contributed by atoms with Gasteiger partial charge in [-0.25, -0.2) is 4.68 Å². The van der Waals surface area contributed by atoms with Crippen molar-refractivity contribution in [1.82, 2.24) is 24.6 Å². The average molecular weight is 352 g/mol. The molecule has 1 aromatic carbocycles. The van der Waals surface area contributed by atoms with Crippen LogP contribution in [0.2, 0.25) is 0 Å². The zero-order valence-corrected chi connectivity index (χ0v) is 15.2. The van der Waals surface area contributed by atoms with Crippen molar-refractivity contribution in [1.29, 1.82) is 0 Å². The number of benzene rings is 1. The summed E-state index contributed by atoms with van der Waals surface area (Å²) in [6.45, 7) is 4.26. The molecular weight excluding hydrogens is 328 g/mol. The fourth-order valence-corrected chi connectivity index (χ4v) is 3.63. The van der Waals surface area contributed by atoms with E-state index >= 15 is 0 Å². The number of hydrogen-bond acceptors (Lipinski definition) is 4. The lowest BCUT2D eigenvalue weighted by Gasteiger charge is -2.19. The van der Waals surface area contributed by atoms with E-state index in [0.717, 1.165) is 48.4 Å². The number of piperidine rings is 1. The van der Waals surface area contributed by atoms with Crippen LogP contribution < -0.4 is 10.6 Å². The summed E-state index contributed by atoms with van der Waals surface area (Å²) in [7, 11) is 1.82. The number of para-hydroxylation sites is 1. The number of hydrogen-bond donors (Lipinski definition) is 2. The van der Waals surface area contributed by atoms with Gasteiger partial charge in [0.05, 0.1) is 0 Å². The van der Waals surface area contributed by atoms with Crippen LogP contribution in [0.15, 0.2) is 30.3 Å². The molecule has 0 atom stereocenters. The van der Waals surface area contributed by atoms with Gasteiger partial charge in [0.25, 0.3) is 0 Å². The number of fused-ring (bicyclic) bond motifs is 1. The largest absolute Gasteiger partial charge is 0.335 e. The highest BCUT2D eigenvalue weighted by Crippen LogP contribution is 2.23. The van der Waals surface area contributed by atoms with E-state index in [4.69, 9.17) is 0 Å². The Morgan fingerprint density at radius 3 is 2.88 bits per heavy atom. The molecule has 1 fully saturated rings. The van der Waals surface area contributed by atoms with Crippen molar-refractivity contribution in [2.45, 2.75) is 32.2 Å². The van der Waals surface area contributed by atoms with Crippen molar-refractivity contribution in [3.63, 3.8) is 0 Å². The summed E-state index contributed by atoms with van der Waals surface area (Å²) < 4.78 is 3.69. The van der Waals surface area contributed by atoms with E-state index in [1.54, 1.807) is 4.68 Å². The topological polar surface area (TPSA) is 76.8 Å². The molecule has 0 aliphatic carbocycles. The number of anilines is 1. The van der Waals surface area contributed by atoms with E-state index in [-0.39, 0.29) is 12.5 Å². The summed E-state index contributed by atoms with van der Waals surface area (Å²) >= 11 is 0. The van der Waals surface area contributed by atoms with E-state index in [2.05, 4.69) is 32.8 Å². The summed E-state index contributed by atoms with van der Waals surface area (Å²) in [5, 5.41) is 11.9. The molecule has 0 unspecified atom stereocenters. The second-order valence-corrected chi connectivity index (χ2v) is 6.92. The molecule has 136 valence electrons. The number of nitrogens with zero attached hydrogens (tertiary/aromatic N) is 4. The maximum absolute atomic E-state index is 12.6. The minimum Gasteiger partial charge on any atom is -0.335 e. The van der Waals surface area contributed by atoms with Crippen molar-refractivity contribution < 1.29 is 4.79 Å². The minimum atomic E-state index is -0.0955. The Bertz CT molecular complexity index is 935. The fraction of sp³-hybridized carbons (Fsp3) is 0.421. The SMILES string of the molecule is Cc1cc2ccccc2n1CC(=O)Nc1nc(C2CCNCC2)nn1C. The first-order chi connectivity index (χ1) is 12.6. The zero-order chi connectivity index (χ0) is 18.1. The molecule has 4 rings (SSSR count). The van der Waals surface area contributed by atoms with Gasteiger partial charge in [0.1, 0.15) is 6.54 Å². The molecule has 7 nitrogen and oxygen atoms in total. The van der Waals surface area contributed by atoms with Crippen molar-refractivity contribution >= 4 is 22.8 Å². The lowest BCUT2D eigenvalue weighted by atomic mass is 9.98. The summed E-state index contributed by atoms with van der Waals surface area (Å²) in [6, 6.07) is 10.2. The third-order valence-corrected chi connectivity index (χ3v) is 5.05. The minimum absolute atomic E-state index is 0.0955. The quantitative estimate of drug-likeness (QED) is 0.755. The zero-order valence-electron chi connectivity index (χ0n) is 15.2. The second kappa shape index (κ2) is 6.92. The van der Waals surface area contributed by atoms with Crippen LogP contribution in [0.25, 0.3) is 10.9 Å². The Morgan fingerprint density at radius 2 is 2.08 bits per heavy atom. The number of carbonyl (C=O) groups excluding carboxylic acids is 1. The third kappa shape index (κ3) is 3.22. The number of aryl methyl sites for hydroxylation is 2. The fourth-order valence-electron chi connectivity index (χ4n) is 3.63. The molecule has 7 heteroatoms. The van der Waals surface area contributed by atoms with Gasteiger partial charge in [-0.3, -0.25) is 10.1 Å². The molecular formula is C19H24N6O. The van der Waals surface area contributed by atoms with E-state index in [9.17, 15) is 4.79 Å². The average Bonchev–Trinajstić information content (AvgIpc) is 3.16.